The Kier molecular flexibility index (Phi) is 9.38. The average molecular weight is 355 g/mol. The summed E-state index contributed by atoms with van der Waals surface area (Å²) in [6.07, 6.45) is -0.901. The van der Waals surface area contributed by atoms with Crippen LogP contribution in [0.1, 0.15) is 34.6 Å². The van der Waals surface area contributed by atoms with Gasteiger partial charge in [0.25, 0.3) is 0 Å². The molecule has 1 amide bonds. The third kappa shape index (κ3) is 8.90. The van der Waals surface area contributed by atoms with Crippen molar-refractivity contribution in [3.63, 3.8) is 0 Å². The van der Waals surface area contributed by atoms with Crippen LogP contribution in [0.2, 0.25) is 0 Å². The van der Waals surface area contributed by atoms with Gasteiger partial charge >= 0.3 is 17.8 Å². The van der Waals surface area contributed by atoms with Crippen LogP contribution in [0.25, 0.3) is 0 Å². The summed E-state index contributed by atoms with van der Waals surface area (Å²) in [6, 6.07) is -1.41. The number of alkyl carbamates (subject to hydrolysis) is 1. The molecule has 23 heavy (non-hydrogen) atoms. The minimum atomic E-state index is -1.80. The van der Waals surface area contributed by atoms with E-state index in [4.69, 9.17) is 24.1 Å². The Balaban J connectivity index is 4.83. The van der Waals surface area contributed by atoms with Crippen LogP contribution in [0.15, 0.2) is 0 Å². The molecular formula is C13H26NO8P. The number of carbonyl (C=O) groups excluding carboxylic acids is 1. The van der Waals surface area contributed by atoms with Crippen LogP contribution in [-0.2, 0) is 28.3 Å². The number of rotatable bonds is 10. The second kappa shape index (κ2) is 9.87. The van der Waals surface area contributed by atoms with Gasteiger partial charge in [0.1, 0.15) is 5.60 Å². The minimum absolute atomic E-state index is 0.159. The molecule has 0 aromatic carbocycles. The second-order valence-corrected chi connectivity index (χ2v) is 6.38. The topological polar surface area (TPSA) is 120 Å². The van der Waals surface area contributed by atoms with Crippen LogP contribution in [0, 0.1) is 0 Å². The number of ether oxygens (including phenoxy) is 4. The number of carbonyl (C=O) groups is 2. The van der Waals surface area contributed by atoms with Crippen LogP contribution < -0.4 is 5.32 Å². The van der Waals surface area contributed by atoms with Crippen molar-refractivity contribution in [2.24, 2.45) is 0 Å². The van der Waals surface area contributed by atoms with Gasteiger partial charge in [-0.2, -0.15) is 0 Å². The Morgan fingerprint density at radius 3 is 2.00 bits per heavy atom. The summed E-state index contributed by atoms with van der Waals surface area (Å²) >= 11 is 0. The molecule has 2 unspecified atom stereocenters. The molecule has 0 saturated carbocycles. The van der Waals surface area contributed by atoms with Gasteiger partial charge in [-0.15, -0.1) is 0 Å². The van der Waals surface area contributed by atoms with Gasteiger partial charge in [0.05, 0.1) is 19.8 Å². The van der Waals surface area contributed by atoms with E-state index in [0.717, 1.165) is 0 Å². The van der Waals surface area contributed by atoms with Crippen molar-refractivity contribution in [2.45, 2.75) is 52.0 Å². The first kappa shape index (κ1) is 21.9. The Morgan fingerprint density at radius 2 is 1.65 bits per heavy atom. The van der Waals surface area contributed by atoms with Gasteiger partial charge < -0.3 is 33.9 Å². The monoisotopic (exact) mass is 355 g/mol. The van der Waals surface area contributed by atoms with E-state index in [9.17, 15) is 14.2 Å². The van der Waals surface area contributed by atoms with E-state index in [-0.39, 0.29) is 13.2 Å². The van der Waals surface area contributed by atoms with E-state index >= 15 is 0 Å². The lowest BCUT2D eigenvalue weighted by Gasteiger charge is -2.29. The Bertz CT molecular complexity index is 403. The van der Waals surface area contributed by atoms with Gasteiger partial charge in [0, 0.05) is 0 Å². The lowest BCUT2D eigenvalue weighted by atomic mass is 10.2. The molecule has 0 aliphatic carbocycles. The largest absolute Gasteiger partial charge is 0.480 e. The molecule has 0 fully saturated rings. The predicted octanol–water partition coefficient (Wildman–Crippen LogP) is 1.42. The molecule has 0 bridgehead atoms. The molecule has 2 N–H and O–H groups in total. The van der Waals surface area contributed by atoms with E-state index in [2.05, 4.69) is 5.32 Å². The van der Waals surface area contributed by atoms with Crippen LogP contribution in [-0.4, -0.2) is 54.3 Å². The maximum absolute atomic E-state index is 11.6. The van der Waals surface area contributed by atoms with Crippen molar-refractivity contribution < 1.29 is 38.2 Å². The van der Waals surface area contributed by atoms with Gasteiger partial charge in [-0.25, -0.2) is 9.59 Å². The number of amides is 1. The molecular weight excluding hydrogens is 329 g/mol. The van der Waals surface area contributed by atoms with Gasteiger partial charge in [-0.05, 0) is 34.6 Å². The molecule has 0 heterocycles. The highest BCUT2D eigenvalue weighted by Gasteiger charge is 2.34. The molecule has 0 spiro atoms. The standard InChI is InChI=1S/C13H26NO8P/c1-6-19-13(23-18,20-7-2)21-8-9(10(15)16)14-11(17)22-12(3,4)5/h9H,6-8,23H2,1-5H3,(H,14,17)(H,15,16). The van der Waals surface area contributed by atoms with Crippen molar-refractivity contribution in [1.82, 2.24) is 5.32 Å². The second-order valence-electron chi connectivity index (χ2n) is 5.44. The summed E-state index contributed by atoms with van der Waals surface area (Å²) < 4.78 is 32.0. The van der Waals surface area contributed by atoms with E-state index in [1.54, 1.807) is 34.6 Å². The van der Waals surface area contributed by atoms with Crippen LogP contribution >= 0.6 is 8.46 Å². The van der Waals surface area contributed by atoms with Crippen LogP contribution in [0.3, 0.4) is 0 Å². The molecule has 0 aliphatic rings. The van der Waals surface area contributed by atoms with Crippen molar-refractivity contribution in [3.05, 3.63) is 0 Å². The van der Waals surface area contributed by atoms with Gasteiger partial charge in [0.15, 0.2) is 14.5 Å². The molecule has 10 heteroatoms. The molecule has 0 saturated heterocycles. The third-order valence-corrected chi connectivity index (χ3v) is 3.06. The molecule has 0 aromatic heterocycles. The molecule has 0 aromatic rings. The number of carboxylic acids is 1. The van der Waals surface area contributed by atoms with Gasteiger partial charge in [-0.3, -0.25) is 0 Å². The number of carboxylic acid groups (broad SMARTS) is 1. The van der Waals surface area contributed by atoms with Crippen molar-refractivity contribution >= 4 is 20.5 Å². The fourth-order valence-corrected chi connectivity index (χ4v) is 2.09. The highest BCUT2D eigenvalue weighted by atomic mass is 31.1. The zero-order valence-corrected chi connectivity index (χ0v) is 15.2. The summed E-state index contributed by atoms with van der Waals surface area (Å²) in [7, 11) is -1.66. The zero-order chi connectivity index (χ0) is 18.1. The molecule has 0 radical (unpaired) electrons. The Labute approximate surface area is 136 Å². The highest BCUT2D eigenvalue weighted by molar-refractivity contribution is 7.25. The van der Waals surface area contributed by atoms with Gasteiger partial charge in [0.2, 0.25) is 0 Å². The van der Waals surface area contributed by atoms with Crippen molar-refractivity contribution in [2.75, 3.05) is 19.8 Å². The Hall–Kier alpha value is -1.15. The predicted molar refractivity (Wildman–Crippen MR) is 83.1 cm³/mol. The van der Waals surface area contributed by atoms with E-state index in [1.807, 2.05) is 0 Å². The SMILES string of the molecule is CCOC(OCC)(OCC(NC(=O)OC(C)(C)C)C(=O)O)[PH2]=O. The average Bonchev–Trinajstić information content (AvgIpc) is 2.41. The van der Waals surface area contributed by atoms with Crippen LogP contribution in [0.4, 0.5) is 4.79 Å². The maximum atomic E-state index is 11.6. The first-order valence-corrected chi connectivity index (χ1v) is 8.24. The normalized spacial score (nSPS) is 14.0. The smallest absolute Gasteiger partial charge is 0.408 e. The summed E-state index contributed by atoms with van der Waals surface area (Å²) in [4.78, 5) is 22.9. The quantitative estimate of drug-likeness (QED) is 0.446. The molecule has 136 valence electrons. The summed E-state index contributed by atoms with van der Waals surface area (Å²) in [5.41, 5.74) is -2.57. The zero-order valence-electron chi connectivity index (χ0n) is 14.1. The maximum Gasteiger partial charge on any atom is 0.408 e. The number of aliphatic carboxylic acids is 1. The number of hydrogen-bond acceptors (Lipinski definition) is 7. The first-order valence-electron chi connectivity index (χ1n) is 7.19. The Morgan fingerprint density at radius 1 is 1.13 bits per heavy atom. The first-order chi connectivity index (χ1) is 10.6. The fourth-order valence-electron chi connectivity index (χ4n) is 1.45. The van der Waals surface area contributed by atoms with Crippen molar-refractivity contribution in [3.8, 4) is 0 Å². The lowest BCUT2D eigenvalue weighted by Crippen LogP contribution is -2.48. The van der Waals surface area contributed by atoms with Gasteiger partial charge in [-0.1, -0.05) is 0 Å². The van der Waals surface area contributed by atoms with E-state index in [0.29, 0.717) is 0 Å². The summed E-state index contributed by atoms with van der Waals surface area (Å²) in [5.74, 6) is -1.33. The molecule has 0 aliphatic heterocycles. The molecule has 2 atom stereocenters. The lowest BCUT2D eigenvalue weighted by molar-refractivity contribution is -0.319. The highest BCUT2D eigenvalue weighted by Crippen LogP contribution is 2.28. The van der Waals surface area contributed by atoms with E-state index in [1.165, 1.54) is 0 Å². The summed E-state index contributed by atoms with van der Waals surface area (Å²) in [6.45, 7) is 8.07. The third-order valence-electron chi connectivity index (χ3n) is 2.28. The number of nitrogens with one attached hydrogen (secondary N) is 1. The van der Waals surface area contributed by atoms with Crippen LogP contribution in [0.5, 0.6) is 0 Å². The number of hydrogen-bond donors (Lipinski definition) is 2. The van der Waals surface area contributed by atoms with E-state index < -0.39 is 44.5 Å². The summed E-state index contributed by atoms with van der Waals surface area (Å²) in [5, 5.41) is 11.3. The van der Waals surface area contributed by atoms with Crippen molar-refractivity contribution in [1.29, 1.82) is 0 Å². The molecule has 0 rings (SSSR count). The minimum Gasteiger partial charge on any atom is -0.480 e. The molecule has 9 nitrogen and oxygen atoms in total. The fraction of sp³-hybridized carbons (Fsp3) is 0.846.